The van der Waals surface area contributed by atoms with Crippen molar-refractivity contribution in [3.05, 3.63) is 18.4 Å². The highest BCUT2D eigenvalue weighted by Crippen LogP contribution is 2.14. The SMILES string of the molecule is CC.CC.c1coc(N2CCOCC2)c1. The van der Waals surface area contributed by atoms with Crippen molar-refractivity contribution in [1.29, 1.82) is 0 Å². The molecule has 1 aliphatic rings. The van der Waals surface area contributed by atoms with Gasteiger partial charge in [0.1, 0.15) is 0 Å². The van der Waals surface area contributed by atoms with Gasteiger partial charge in [-0.05, 0) is 6.07 Å². The van der Waals surface area contributed by atoms with Crippen LogP contribution in [-0.4, -0.2) is 26.3 Å². The van der Waals surface area contributed by atoms with E-state index in [-0.39, 0.29) is 0 Å². The molecule has 3 nitrogen and oxygen atoms in total. The van der Waals surface area contributed by atoms with Crippen LogP contribution in [0, 0.1) is 0 Å². The van der Waals surface area contributed by atoms with Crippen LogP contribution in [-0.2, 0) is 4.74 Å². The molecule has 1 aromatic heterocycles. The van der Waals surface area contributed by atoms with Crippen LogP contribution in [0.1, 0.15) is 27.7 Å². The summed E-state index contributed by atoms with van der Waals surface area (Å²) in [5.41, 5.74) is 0. The van der Waals surface area contributed by atoms with Gasteiger partial charge in [-0.1, -0.05) is 27.7 Å². The van der Waals surface area contributed by atoms with Crippen LogP contribution < -0.4 is 4.90 Å². The van der Waals surface area contributed by atoms with Gasteiger partial charge in [-0.2, -0.15) is 0 Å². The molecule has 1 aliphatic heterocycles. The predicted molar refractivity (Wildman–Crippen MR) is 64.4 cm³/mol. The highest BCUT2D eigenvalue weighted by molar-refractivity contribution is 5.34. The molecule has 88 valence electrons. The molecule has 1 fully saturated rings. The molecule has 3 heteroatoms. The van der Waals surface area contributed by atoms with Crippen LogP contribution in [0.25, 0.3) is 0 Å². The first-order valence-electron chi connectivity index (χ1n) is 5.83. The van der Waals surface area contributed by atoms with Crippen molar-refractivity contribution >= 4 is 5.88 Å². The summed E-state index contributed by atoms with van der Waals surface area (Å²) in [7, 11) is 0. The number of furan rings is 1. The van der Waals surface area contributed by atoms with E-state index in [0.29, 0.717) is 0 Å². The van der Waals surface area contributed by atoms with Crippen molar-refractivity contribution in [2.75, 3.05) is 31.2 Å². The zero-order chi connectivity index (χ0) is 11.5. The molecule has 15 heavy (non-hydrogen) atoms. The summed E-state index contributed by atoms with van der Waals surface area (Å²) in [6, 6.07) is 3.89. The Bertz CT molecular complexity index is 203. The molecular weight excluding hydrogens is 190 g/mol. The molecule has 1 saturated heterocycles. The van der Waals surface area contributed by atoms with E-state index in [4.69, 9.17) is 9.15 Å². The molecule has 0 atom stereocenters. The Labute approximate surface area is 93.0 Å². The maximum absolute atomic E-state index is 5.24. The Hall–Kier alpha value is -0.960. The summed E-state index contributed by atoms with van der Waals surface area (Å²) in [4.78, 5) is 2.18. The molecule has 0 unspecified atom stereocenters. The van der Waals surface area contributed by atoms with E-state index in [9.17, 15) is 0 Å². The third-order valence-corrected chi connectivity index (χ3v) is 1.83. The van der Waals surface area contributed by atoms with Crippen LogP contribution in [0.4, 0.5) is 5.88 Å². The van der Waals surface area contributed by atoms with E-state index in [2.05, 4.69) is 4.90 Å². The van der Waals surface area contributed by atoms with E-state index in [0.717, 1.165) is 32.2 Å². The fourth-order valence-corrected chi connectivity index (χ4v) is 1.23. The summed E-state index contributed by atoms with van der Waals surface area (Å²) >= 11 is 0. The van der Waals surface area contributed by atoms with Gasteiger partial charge in [0, 0.05) is 19.2 Å². The minimum atomic E-state index is 0.806. The minimum absolute atomic E-state index is 0.806. The minimum Gasteiger partial charge on any atom is -0.449 e. The van der Waals surface area contributed by atoms with E-state index < -0.39 is 0 Å². The monoisotopic (exact) mass is 213 g/mol. The number of morpholine rings is 1. The summed E-state index contributed by atoms with van der Waals surface area (Å²) in [6.07, 6.45) is 1.70. The lowest BCUT2D eigenvalue weighted by molar-refractivity contribution is 0.120. The second kappa shape index (κ2) is 9.59. The quantitative estimate of drug-likeness (QED) is 0.716. The first-order valence-corrected chi connectivity index (χ1v) is 5.83. The standard InChI is InChI=1S/C8H11NO2.2C2H6/c1-2-8(11-5-1)9-3-6-10-7-4-9;2*1-2/h1-2,5H,3-4,6-7H2;2*1-2H3. The summed E-state index contributed by atoms with van der Waals surface area (Å²) in [6.45, 7) is 11.5. The summed E-state index contributed by atoms with van der Waals surface area (Å²) in [5.74, 6) is 0.952. The average molecular weight is 213 g/mol. The molecule has 0 aliphatic carbocycles. The Morgan fingerprint density at radius 1 is 1.07 bits per heavy atom. The highest BCUT2D eigenvalue weighted by atomic mass is 16.5. The van der Waals surface area contributed by atoms with Crippen molar-refractivity contribution < 1.29 is 9.15 Å². The Morgan fingerprint density at radius 3 is 2.13 bits per heavy atom. The second-order valence-electron chi connectivity index (χ2n) is 2.55. The van der Waals surface area contributed by atoms with Gasteiger partial charge in [-0.15, -0.1) is 0 Å². The van der Waals surface area contributed by atoms with Gasteiger partial charge in [-0.25, -0.2) is 0 Å². The molecule has 0 bridgehead atoms. The van der Waals surface area contributed by atoms with E-state index in [1.807, 2.05) is 39.8 Å². The van der Waals surface area contributed by atoms with Gasteiger partial charge in [0.2, 0.25) is 0 Å². The van der Waals surface area contributed by atoms with Crippen LogP contribution in [0.15, 0.2) is 22.8 Å². The maximum atomic E-state index is 5.24. The number of hydrogen-bond donors (Lipinski definition) is 0. The average Bonchev–Trinajstić information content (AvgIpc) is 2.89. The van der Waals surface area contributed by atoms with Crippen molar-refractivity contribution in [3.63, 3.8) is 0 Å². The number of hydrogen-bond acceptors (Lipinski definition) is 3. The normalized spacial score (nSPS) is 14.5. The van der Waals surface area contributed by atoms with Gasteiger partial charge in [0.25, 0.3) is 0 Å². The van der Waals surface area contributed by atoms with E-state index >= 15 is 0 Å². The fraction of sp³-hybridized carbons (Fsp3) is 0.667. The molecule has 0 aromatic carbocycles. The highest BCUT2D eigenvalue weighted by Gasteiger charge is 2.12. The van der Waals surface area contributed by atoms with Crippen molar-refractivity contribution in [2.45, 2.75) is 27.7 Å². The molecule has 0 amide bonds. The molecule has 2 heterocycles. The Morgan fingerprint density at radius 2 is 1.67 bits per heavy atom. The van der Waals surface area contributed by atoms with Crippen LogP contribution in [0.3, 0.4) is 0 Å². The molecular formula is C12H23NO2. The number of nitrogens with zero attached hydrogens (tertiary/aromatic N) is 1. The number of rotatable bonds is 1. The van der Waals surface area contributed by atoms with Crippen molar-refractivity contribution in [1.82, 2.24) is 0 Å². The zero-order valence-corrected chi connectivity index (χ0v) is 10.3. The lowest BCUT2D eigenvalue weighted by atomic mass is 10.4. The first kappa shape index (κ1) is 14.0. The van der Waals surface area contributed by atoms with Gasteiger partial charge >= 0.3 is 0 Å². The van der Waals surface area contributed by atoms with Gasteiger partial charge < -0.3 is 14.1 Å². The zero-order valence-electron chi connectivity index (χ0n) is 10.3. The first-order chi connectivity index (χ1) is 7.47. The lowest BCUT2D eigenvalue weighted by Gasteiger charge is -2.25. The summed E-state index contributed by atoms with van der Waals surface area (Å²) in [5, 5.41) is 0. The van der Waals surface area contributed by atoms with Crippen molar-refractivity contribution in [2.24, 2.45) is 0 Å². The van der Waals surface area contributed by atoms with Crippen molar-refractivity contribution in [3.8, 4) is 0 Å². The second-order valence-corrected chi connectivity index (χ2v) is 2.55. The van der Waals surface area contributed by atoms with Gasteiger partial charge in [0.15, 0.2) is 5.88 Å². The van der Waals surface area contributed by atoms with Crippen LogP contribution in [0.2, 0.25) is 0 Å². The Balaban J connectivity index is 0.000000442. The van der Waals surface area contributed by atoms with Crippen LogP contribution in [0.5, 0.6) is 0 Å². The molecule has 2 rings (SSSR count). The van der Waals surface area contributed by atoms with Crippen LogP contribution >= 0.6 is 0 Å². The van der Waals surface area contributed by atoms with Gasteiger partial charge in [-0.3, -0.25) is 0 Å². The predicted octanol–water partition coefficient (Wildman–Crippen LogP) is 3.17. The third-order valence-electron chi connectivity index (χ3n) is 1.83. The maximum Gasteiger partial charge on any atom is 0.195 e. The molecule has 0 spiro atoms. The van der Waals surface area contributed by atoms with Gasteiger partial charge in [0.05, 0.1) is 19.5 Å². The summed E-state index contributed by atoms with van der Waals surface area (Å²) < 4.78 is 10.5. The largest absolute Gasteiger partial charge is 0.449 e. The smallest absolute Gasteiger partial charge is 0.195 e. The number of ether oxygens (including phenoxy) is 1. The fourth-order valence-electron chi connectivity index (χ4n) is 1.23. The third kappa shape index (κ3) is 4.88. The topological polar surface area (TPSA) is 25.6 Å². The molecule has 0 radical (unpaired) electrons. The molecule has 0 N–H and O–H groups in total. The van der Waals surface area contributed by atoms with E-state index in [1.165, 1.54) is 0 Å². The number of anilines is 1. The molecule has 0 saturated carbocycles. The lowest BCUT2D eigenvalue weighted by Crippen LogP contribution is -2.35. The van der Waals surface area contributed by atoms with E-state index in [1.54, 1.807) is 6.26 Å². The molecule has 1 aromatic rings. The Kier molecular flexibility index (Phi) is 8.98.